The van der Waals surface area contributed by atoms with Gasteiger partial charge >= 0.3 is 5.97 Å². The summed E-state index contributed by atoms with van der Waals surface area (Å²) in [4.78, 5) is 23.1. The average molecular weight is 372 g/mol. The van der Waals surface area contributed by atoms with Crippen molar-refractivity contribution in [2.24, 2.45) is 11.8 Å². The first kappa shape index (κ1) is 19.5. The number of nitrogens with zero attached hydrogens (tertiary/aromatic N) is 1. The molecule has 25 heavy (non-hydrogen) atoms. The minimum atomic E-state index is -3.89. The van der Waals surface area contributed by atoms with E-state index >= 15 is 0 Å². The molecule has 0 bridgehead atoms. The molecule has 1 aromatic rings. The third-order valence-electron chi connectivity index (χ3n) is 4.58. The van der Waals surface area contributed by atoms with E-state index in [1.165, 1.54) is 4.31 Å². The number of piperidine rings is 1. The molecule has 1 unspecified atom stereocenters. The molecule has 0 aliphatic carbocycles. The molecule has 2 N–H and O–H groups in total. The smallest absolute Gasteiger partial charge is 0.371 e. The van der Waals surface area contributed by atoms with Gasteiger partial charge in [-0.15, -0.1) is 0 Å². The second-order valence-corrected chi connectivity index (χ2v) is 8.51. The molecule has 8 nitrogen and oxygen atoms in total. The van der Waals surface area contributed by atoms with Crippen molar-refractivity contribution in [2.45, 2.75) is 44.7 Å². The third-order valence-corrected chi connectivity index (χ3v) is 6.35. The molecule has 1 aromatic heterocycles. The highest BCUT2D eigenvalue weighted by atomic mass is 32.2. The SMILES string of the molecule is CC(C)C(C)NC(=O)C1CCN(S(=O)(=O)c2ccc(C(=O)O)o2)CC1. The van der Waals surface area contributed by atoms with Gasteiger partial charge in [-0.05, 0) is 37.8 Å². The molecule has 0 spiro atoms. The van der Waals surface area contributed by atoms with Crippen LogP contribution >= 0.6 is 0 Å². The van der Waals surface area contributed by atoms with Crippen molar-refractivity contribution < 1.29 is 27.5 Å². The van der Waals surface area contributed by atoms with E-state index in [-0.39, 0.29) is 36.0 Å². The summed E-state index contributed by atoms with van der Waals surface area (Å²) in [7, 11) is -3.89. The topological polar surface area (TPSA) is 117 Å². The summed E-state index contributed by atoms with van der Waals surface area (Å²) in [6.45, 7) is 6.38. The van der Waals surface area contributed by atoms with E-state index in [0.29, 0.717) is 18.8 Å². The van der Waals surface area contributed by atoms with Gasteiger partial charge in [-0.1, -0.05) is 13.8 Å². The van der Waals surface area contributed by atoms with Crippen molar-refractivity contribution in [2.75, 3.05) is 13.1 Å². The van der Waals surface area contributed by atoms with E-state index in [1.54, 1.807) is 0 Å². The fourth-order valence-electron chi connectivity index (χ4n) is 2.57. The Kier molecular flexibility index (Phi) is 5.89. The average Bonchev–Trinajstić information content (AvgIpc) is 3.05. The van der Waals surface area contributed by atoms with Gasteiger partial charge < -0.3 is 14.8 Å². The van der Waals surface area contributed by atoms with Gasteiger partial charge in [0.25, 0.3) is 10.0 Å². The molecule has 1 saturated heterocycles. The minimum absolute atomic E-state index is 0.0515. The minimum Gasteiger partial charge on any atom is -0.475 e. The molecule has 1 aliphatic heterocycles. The van der Waals surface area contributed by atoms with Gasteiger partial charge in [0.2, 0.25) is 16.8 Å². The molecule has 0 radical (unpaired) electrons. The lowest BCUT2D eigenvalue weighted by Crippen LogP contribution is -2.45. The highest BCUT2D eigenvalue weighted by Crippen LogP contribution is 2.25. The van der Waals surface area contributed by atoms with Gasteiger partial charge in [-0.2, -0.15) is 4.31 Å². The number of carboxylic acid groups (broad SMARTS) is 1. The number of furan rings is 1. The summed E-state index contributed by atoms with van der Waals surface area (Å²) in [5.74, 6) is -1.69. The maximum atomic E-state index is 12.5. The Morgan fingerprint density at radius 3 is 2.32 bits per heavy atom. The second-order valence-electron chi connectivity index (χ2n) is 6.64. The van der Waals surface area contributed by atoms with Gasteiger partial charge in [0.15, 0.2) is 0 Å². The number of carbonyl (C=O) groups excluding carboxylic acids is 1. The van der Waals surface area contributed by atoms with E-state index in [9.17, 15) is 18.0 Å². The number of carbonyl (C=O) groups is 2. The molecule has 2 heterocycles. The molecule has 0 saturated carbocycles. The molecular weight excluding hydrogens is 348 g/mol. The Labute approximate surface area is 147 Å². The van der Waals surface area contributed by atoms with Crippen LogP contribution in [0.3, 0.4) is 0 Å². The first-order valence-corrected chi connectivity index (χ1v) is 9.70. The van der Waals surface area contributed by atoms with Crippen molar-refractivity contribution in [3.8, 4) is 0 Å². The number of carboxylic acids is 1. The number of hydrogen-bond donors (Lipinski definition) is 2. The van der Waals surface area contributed by atoms with Crippen molar-refractivity contribution in [3.05, 3.63) is 17.9 Å². The maximum absolute atomic E-state index is 12.5. The first-order valence-electron chi connectivity index (χ1n) is 8.26. The van der Waals surface area contributed by atoms with Crippen LogP contribution in [0, 0.1) is 11.8 Å². The number of aromatic carboxylic acids is 1. The second kappa shape index (κ2) is 7.57. The predicted molar refractivity (Wildman–Crippen MR) is 89.6 cm³/mol. The summed E-state index contributed by atoms with van der Waals surface area (Å²) in [6, 6.07) is 2.32. The fraction of sp³-hybridized carbons (Fsp3) is 0.625. The van der Waals surface area contributed by atoms with Crippen molar-refractivity contribution in [1.29, 1.82) is 0 Å². The van der Waals surface area contributed by atoms with Gasteiger partial charge in [0, 0.05) is 25.0 Å². The number of amides is 1. The van der Waals surface area contributed by atoms with Gasteiger partial charge in [-0.25, -0.2) is 13.2 Å². The van der Waals surface area contributed by atoms with E-state index < -0.39 is 21.8 Å². The lowest BCUT2D eigenvalue weighted by molar-refractivity contribution is -0.127. The fourth-order valence-corrected chi connectivity index (χ4v) is 3.95. The van der Waals surface area contributed by atoms with Gasteiger partial charge in [0.05, 0.1) is 0 Å². The zero-order valence-corrected chi connectivity index (χ0v) is 15.4. The molecule has 1 atom stereocenters. The quantitative estimate of drug-likeness (QED) is 0.782. The molecule has 9 heteroatoms. The third kappa shape index (κ3) is 4.40. The molecule has 2 rings (SSSR count). The Morgan fingerprint density at radius 2 is 1.84 bits per heavy atom. The Bertz CT molecular complexity index is 732. The van der Waals surface area contributed by atoms with Crippen molar-refractivity contribution in [3.63, 3.8) is 0 Å². The maximum Gasteiger partial charge on any atom is 0.371 e. The monoisotopic (exact) mass is 372 g/mol. The largest absolute Gasteiger partial charge is 0.475 e. The Morgan fingerprint density at radius 1 is 1.24 bits per heavy atom. The lowest BCUT2D eigenvalue weighted by atomic mass is 9.96. The van der Waals surface area contributed by atoms with Crippen LogP contribution in [0.25, 0.3) is 0 Å². The van der Waals surface area contributed by atoms with Crippen LogP contribution < -0.4 is 5.32 Å². The predicted octanol–water partition coefficient (Wildman–Crippen LogP) is 1.54. The summed E-state index contributed by atoms with van der Waals surface area (Å²) in [6.07, 6.45) is 0.838. The van der Waals surface area contributed by atoms with Crippen LogP contribution in [0.15, 0.2) is 21.6 Å². The van der Waals surface area contributed by atoms with E-state index in [2.05, 4.69) is 5.32 Å². The van der Waals surface area contributed by atoms with E-state index in [1.807, 2.05) is 20.8 Å². The van der Waals surface area contributed by atoms with E-state index in [0.717, 1.165) is 12.1 Å². The van der Waals surface area contributed by atoms with Crippen LogP contribution in [0.1, 0.15) is 44.2 Å². The molecule has 140 valence electrons. The molecule has 0 aromatic carbocycles. The number of nitrogens with one attached hydrogen (secondary N) is 1. The van der Waals surface area contributed by atoms with Gasteiger partial charge in [0.1, 0.15) is 0 Å². The van der Waals surface area contributed by atoms with Crippen LogP contribution in [-0.4, -0.2) is 48.8 Å². The number of rotatable bonds is 6. The first-order chi connectivity index (χ1) is 11.6. The summed E-state index contributed by atoms with van der Waals surface area (Å²) < 4.78 is 31.1. The van der Waals surface area contributed by atoms with E-state index in [4.69, 9.17) is 9.52 Å². The molecular formula is C16H24N2O6S. The lowest BCUT2D eigenvalue weighted by Gasteiger charge is -2.30. The zero-order valence-electron chi connectivity index (χ0n) is 14.6. The van der Waals surface area contributed by atoms with Crippen molar-refractivity contribution in [1.82, 2.24) is 9.62 Å². The zero-order chi connectivity index (χ0) is 18.8. The summed E-state index contributed by atoms with van der Waals surface area (Å²) in [5.41, 5.74) is 0. The number of hydrogen-bond acceptors (Lipinski definition) is 5. The Balaban J connectivity index is 1.98. The standard InChI is InChI=1S/C16H24N2O6S/c1-10(2)11(3)17-15(19)12-6-8-18(9-7-12)25(22,23)14-5-4-13(24-14)16(20)21/h4-5,10-12H,6-9H2,1-3H3,(H,17,19)(H,20,21). The van der Waals surface area contributed by atoms with Gasteiger partial charge in [-0.3, -0.25) is 4.79 Å². The summed E-state index contributed by atoms with van der Waals surface area (Å²) >= 11 is 0. The summed E-state index contributed by atoms with van der Waals surface area (Å²) in [5, 5.41) is 11.4. The number of sulfonamides is 1. The van der Waals surface area contributed by atoms with Crippen LogP contribution in [0.2, 0.25) is 0 Å². The molecule has 1 aliphatic rings. The highest BCUT2D eigenvalue weighted by Gasteiger charge is 2.34. The molecule has 1 amide bonds. The Hall–Kier alpha value is -1.87. The molecule has 1 fully saturated rings. The van der Waals surface area contributed by atoms with Crippen LogP contribution in [0.5, 0.6) is 0 Å². The highest BCUT2D eigenvalue weighted by molar-refractivity contribution is 7.89. The van der Waals surface area contributed by atoms with Crippen LogP contribution in [-0.2, 0) is 14.8 Å². The van der Waals surface area contributed by atoms with Crippen LogP contribution in [0.4, 0.5) is 0 Å². The van der Waals surface area contributed by atoms with Crippen molar-refractivity contribution >= 4 is 21.9 Å². The normalized spacial score (nSPS) is 18.2.